The Balaban J connectivity index is 1.47. The lowest BCUT2D eigenvalue weighted by atomic mass is 9.91. The van der Waals surface area contributed by atoms with E-state index in [4.69, 9.17) is 16.2 Å². The summed E-state index contributed by atoms with van der Waals surface area (Å²) < 4.78 is 47.0. The molecule has 0 unspecified atom stereocenters. The maximum Gasteiger partial charge on any atom is 0.420 e. The molecule has 0 aliphatic carbocycles. The zero-order chi connectivity index (χ0) is 28.5. The van der Waals surface area contributed by atoms with E-state index in [0.717, 1.165) is 19.0 Å². The topological polar surface area (TPSA) is 158 Å². The van der Waals surface area contributed by atoms with E-state index >= 15 is 0 Å². The lowest BCUT2D eigenvalue weighted by Crippen LogP contribution is -2.48. The molecule has 0 bridgehead atoms. The summed E-state index contributed by atoms with van der Waals surface area (Å²) in [4.78, 5) is 35.9. The number of nitrogens with zero attached hydrogens (tertiary/aromatic N) is 6. The molecule has 40 heavy (non-hydrogen) atoms. The normalized spacial score (nSPS) is 17.3. The molecule has 210 valence electrons. The van der Waals surface area contributed by atoms with Gasteiger partial charge in [-0.2, -0.15) is 13.2 Å². The van der Waals surface area contributed by atoms with Crippen molar-refractivity contribution in [2.75, 3.05) is 42.3 Å². The number of amides is 1. The van der Waals surface area contributed by atoms with Crippen LogP contribution >= 0.6 is 0 Å². The zero-order valence-corrected chi connectivity index (χ0v) is 21.7. The number of pyridine rings is 1. The van der Waals surface area contributed by atoms with Gasteiger partial charge in [0.15, 0.2) is 23.2 Å². The molecule has 1 fully saturated rings. The fraction of sp³-hybridized carbons (Fsp3) is 0.385. The maximum atomic E-state index is 13.9. The molecule has 1 amide bonds. The van der Waals surface area contributed by atoms with E-state index in [1.807, 2.05) is 13.0 Å². The molecule has 5 heterocycles. The van der Waals surface area contributed by atoms with Crippen LogP contribution in [-0.2, 0) is 10.9 Å². The third kappa shape index (κ3) is 5.87. The van der Waals surface area contributed by atoms with Gasteiger partial charge in [-0.15, -0.1) is 0 Å². The molecule has 5 N–H and O–H groups in total. The van der Waals surface area contributed by atoms with Gasteiger partial charge in [-0.05, 0) is 43.9 Å². The fourth-order valence-electron chi connectivity index (χ4n) is 4.52. The van der Waals surface area contributed by atoms with Crippen LogP contribution < -0.4 is 21.7 Å². The lowest BCUT2D eigenvalue weighted by Gasteiger charge is -2.38. The van der Waals surface area contributed by atoms with Gasteiger partial charge in [0, 0.05) is 31.0 Å². The van der Waals surface area contributed by atoms with Crippen molar-refractivity contribution in [3.05, 3.63) is 53.9 Å². The Bertz CT molecular complexity index is 1450. The Hall–Kier alpha value is -4.17. The highest BCUT2D eigenvalue weighted by Crippen LogP contribution is 2.36. The molecule has 2 aliphatic heterocycles. The van der Waals surface area contributed by atoms with Crippen LogP contribution in [0.4, 0.5) is 30.5 Å². The van der Waals surface area contributed by atoms with Gasteiger partial charge in [0.05, 0.1) is 25.1 Å². The summed E-state index contributed by atoms with van der Waals surface area (Å²) >= 11 is 0. The summed E-state index contributed by atoms with van der Waals surface area (Å²) in [6.07, 6.45) is 2.16. The van der Waals surface area contributed by atoms with Crippen LogP contribution in [0.25, 0.3) is 17.0 Å². The Morgan fingerprint density at radius 3 is 2.62 bits per heavy atom. The van der Waals surface area contributed by atoms with E-state index in [9.17, 15) is 18.0 Å². The van der Waals surface area contributed by atoms with E-state index in [1.54, 1.807) is 12.1 Å². The summed E-state index contributed by atoms with van der Waals surface area (Å²) in [5, 5.41) is 2.69. The molecule has 0 saturated carbocycles. The molecule has 3 aromatic rings. The standard InChI is InChI=1S/C26H28F3N9O2/c1-25(31)6-9-38(10-7-25)18-3-2-8-32-23(18)37-24(39)20-21(30)33-14-17(35-20)19-16(26(27,28)29)13-34-22(36-19)15-4-11-40-12-5-15/h2-4,8,13-14H,5-7,9-12,31H2,1H3,(H2,30,33)(H,32,37,39). The molecule has 0 aromatic carbocycles. The van der Waals surface area contributed by atoms with Gasteiger partial charge in [0.1, 0.15) is 17.0 Å². The predicted octanol–water partition coefficient (Wildman–Crippen LogP) is 3.30. The van der Waals surface area contributed by atoms with Crippen LogP contribution in [-0.4, -0.2) is 62.7 Å². The minimum absolute atomic E-state index is 0.115. The second kappa shape index (κ2) is 10.8. The summed E-state index contributed by atoms with van der Waals surface area (Å²) in [6, 6.07) is 3.56. The van der Waals surface area contributed by atoms with Crippen molar-refractivity contribution in [1.82, 2.24) is 24.9 Å². The maximum absolute atomic E-state index is 13.9. The largest absolute Gasteiger partial charge is 0.420 e. The first-order chi connectivity index (χ1) is 19.0. The highest BCUT2D eigenvalue weighted by atomic mass is 19.4. The number of hydrogen-bond donors (Lipinski definition) is 3. The van der Waals surface area contributed by atoms with Crippen molar-refractivity contribution in [3.8, 4) is 11.4 Å². The summed E-state index contributed by atoms with van der Waals surface area (Å²) in [5.74, 6) is -0.663. The van der Waals surface area contributed by atoms with Gasteiger partial charge < -0.3 is 26.4 Å². The van der Waals surface area contributed by atoms with E-state index < -0.39 is 23.3 Å². The summed E-state index contributed by atoms with van der Waals surface area (Å²) in [6.45, 7) is 4.03. The van der Waals surface area contributed by atoms with E-state index in [2.05, 4.69) is 35.1 Å². The smallest absolute Gasteiger partial charge is 0.382 e. The number of nitrogen functional groups attached to an aromatic ring is 1. The minimum Gasteiger partial charge on any atom is -0.382 e. The highest BCUT2D eigenvalue weighted by molar-refractivity contribution is 6.06. The minimum atomic E-state index is -4.78. The lowest BCUT2D eigenvalue weighted by molar-refractivity contribution is -0.137. The molecule has 0 spiro atoms. The number of aromatic nitrogens is 5. The van der Waals surface area contributed by atoms with Gasteiger partial charge in [-0.1, -0.05) is 6.08 Å². The number of anilines is 3. The third-order valence-corrected chi connectivity index (χ3v) is 6.87. The Kier molecular flexibility index (Phi) is 7.38. The van der Waals surface area contributed by atoms with Gasteiger partial charge >= 0.3 is 6.18 Å². The molecule has 5 rings (SSSR count). The van der Waals surface area contributed by atoms with Crippen molar-refractivity contribution >= 4 is 28.8 Å². The Morgan fingerprint density at radius 2 is 1.93 bits per heavy atom. The third-order valence-electron chi connectivity index (χ3n) is 6.87. The van der Waals surface area contributed by atoms with E-state index in [-0.39, 0.29) is 34.4 Å². The van der Waals surface area contributed by atoms with Gasteiger partial charge in [0.2, 0.25) is 0 Å². The molecule has 0 atom stereocenters. The molecular formula is C26H28F3N9O2. The number of nitrogens with one attached hydrogen (secondary N) is 1. The van der Waals surface area contributed by atoms with Crippen molar-refractivity contribution in [2.45, 2.75) is 37.9 Å². The molecule has 2 aliphatic rings. The number of nitrogens with two attached hydrogens (primary N) is 2. The SMILES string of the molecule is CC1(N)CCN(c2cccnc2NC(=O)c2nc(-c3nc(C4=CCOCC4)ncc3C(F)(F)F)cnc2N)CC1. The van der Waals surface area contributed by atoms with Crippen LogP contribution in [0.3, 0.4) is 0 Å². The van der Waals surface area contributed by atoms with Crippen LogP contribution in [0.5, 0.6) is 0 Å². The first-order valence-electron chi connectivity index (χ1n) is 12.7. The number of rotatable bonds is 5. The van der Waals surface area contributed by atoms with Crippen LogP contribution in [0.2, 0.25) is 0 Å². The first-order valence-corrected chi connectivity index (χ1v) is 12.7. The molecule has 11 nitrogen and oxygen atoms in total. The van der Waals surface area contributed by atoms with Crippen LogP contribution in [0, 0.1) is 0 Å². The van der Waals surface area contributed by atoms with Crippen LogP contribution in [0.15, 0.2) is 36.8 Å². The van der Waals surface area contributed by atoms with Gasteiger partial charge in [0.25, 0.3) is 5.91 Å². The molecule has 14 heteroatoms. The summed E-state index contributed by atoms with van der Waals surface area (Å²) in [5.41, 5.74) is 11.0. The number of hydrogen-bond acceptors (Lipinski definition) is 10. The Morgan fingerprint density at radius 1 is 1.15 bits per heavy atom. The van der Waals surface area contributed by atoms with Gasteiger partial charge in [-0.3, -0.25) is 4.79 Å². The average molecular weight is 556 g/mol. The van der Waals surface area contributed by atoms with Crippen molar-refractivity contribution in [3.63, 3.8) is 0 Å². The molecule has 0 radical (unpaired) electrons. The number of carbonyl (C=O) groups is 1. The zero-order valence-electron chi connectivity index (χ0n) is 21.7. The van der Waals surface area contributed by atoms with E-state index in [0.29, 0.717) is 50.2 Å². The van der Waals surface area contributed by atoms with Gasteiger partial charge in [-0.25, -0.2) is 24.9 Å². The number of alkyl halides is 3. The molecular weight excluding hydrogens is 527 g/mol. The number of ether oxygens (including phenoxy) is 1. The quantitative estimate of drug-likeness (QED) is 0.426. The number of carbonyl (C=O) groups excluding carboxylic acids is 1. The highest BCUT2D eigenvalue weighted by Gasteiger charge is 2.36. The monoisotopic (exact) mass is 555 g/mol. The van der Waals surface area contributed by atoms with Crippen molar-refractivity contribution in [1.29, 1.82) is 0 Å². The Labute approximate surface area is 227 Å². The van der Waals surface area contributed by atoms with E-state index in [1.165, 1.54) is 6.20 Å². The number of halogens is 3. The summed E-state index contributed by atoms with van der Waals surface area (Å²) in [7, 11) is 0. The number of piperidine rings is 1. The van der Waals surface area contributed by atoms with Crippen molar-refractivity contribution < 1.29 is 22.7 Å². The molecule has 3 aromatic heterocycles. The molecule has 1 saturated heterocycles. The first kappa shape index (κ1) is 27.4. The fourth-order valence-corrected chi connectivity index (χ4v) is 4.52. The average Bonchev–Trinajstić information content (AvgIpc) is 2.93. The van der Waals surface area contributed by atoms with Crippen LogP contribution in [0.1, 0.15) is 48.1 Å². The van der Waals surface area contributed by atoms with Crippen molar-refractivity contribution in [2.24, 2.45) is 5.73 Å². The second-order valence-corrected chi connectivity index (χ2v) is 9.96. The predicted molar refractivity (Wildman–Crippen MR) is 142 cm³/mol. The second-order valence-electron chi connectivity index (χ2n) is 9.96.